The summed E-state index contributed by atoms with van der Waals surface area (Å²) in [6, 6.07) is 0.849. The molecule has 0 heterocycles. The Bertz CT molecular complexity index is 129. The molecular weight excluding hydrogens is 170 g/mol. The highest BCUT2D eigenvalue weighted by Gasteiger charge is 2.29. The number of unbranched alkanes of at least 4 members (excludes halogenated alkanes) is 4. The minimum atomic E-state index is 0.849. The van der Waals surface area contributed by atoms with E-state index in [0.29, 0.717) is 0 Å². The summed E-state index contributed by atoms with van der Waals surface area (Å²) in [5, 5.41) is 3.64. The fraction of sp³-hybridized carbons (Fsp3) is 1.00. The summed E-state index contributed by atoms with van der Waals surface area (Å²) in [4.78, 5) is 0. The second-order valence-electron chi connectivity index (χ2n) is 4.70. The zero-order chi connectivity index (χ0) is 10.2. The van der Waals surface area contributed by atoms with Crippen LogP contribution in [0, 0.1) is 5.92 Å². The second-order valence-corrected chi connectivity index (χ2v) is 4.70. The molecule has 1 unspecified atom stereocenters. The predicted octanol–water partition coefficient (Wildman–Crippen LogP) is 3.74. The first kappa shape index (κ1) is 12.0. The van der Waals surface area contributed by atoms with Gasteiger partial charge in [-0.1, -0.05) is 46.0 Å². The zero-order valence-corrected chi connectivity index (χ0v) is 10.0. The Morgan fingerprint density at radius 3 is 2.36 bits per heavy atom. The molecule has 0 amide bonds. The molecule has 0 radical (unpaired) electrons. The van der Waals surface area contributed by atoms with E-state index in [4.69, 9.17) is 0 Å². The molecule has 0 bridgehead atoms. The van der Waals surface area contributed by atoms with Crippen molar-refractivity contribution in [2.75, 3.05) is 6.54 Å². The van der Waals surface area contributed by atoms with Gasteiger partial charge in [0.15, 0.2) is 0 Å². The Kier molecular flexibility index (Phi) is 6.25. The molecule has 0 saturated heterocycles. The van der Waals surface area contributed by atoms with Crippen molar-refractivity contribution >= 4 is 0 Å². The largest absolute Gasteiger partial charge is 0.314 e. The number of hydrogen-bond acceptors (Lipinski definition) is 1. The molecule has 0 aromatic rings. The molecule has 0 aromatic heterocycles. The van der Waals surface area contributed by atoms with E-state index in [9.17, 15) is 0 Å². The van der Waals surface area contributed by atoms with Crippen LogP contribution in [0.5, 0.6) is 0 Å². The summed E-state index contributed by atoms with van der Waals surface area (Å²) in [5.74, 6) is 1.03. The van der Waals surface area contributed by atoms with Gasteiger partial charge >= 0.3 is 0 Å². The topological polar surface area (TPSA) is 12.0 Å². The summed E-state index contributed by atoms with van der Waals surface area (Å²) in [7, 11) is 0. The molecule has 1 rings (SSSR count). The lowest BCUT2D eigenvalue weighted by Gasteiger charge is -2.16. The van der Waals surface area contributed by atoms with Gasteiger partial charge in [-0.05, 0) is 31.7 Å². The molecule has 1 fully saturated rings. The molecule has 1 heteroatoms. The second kappa shape index (κ2) is 7.28. The molecule has 1 atom stereocenters. The minimum absolute atomic E-state index is 0.849. The molecule has 84 valence electrons. The Morgan fingerprint density at radius 2 is 1.79 bits per heavy atom. The van der Waals surface area contributed by atoms with Crippen molar-refractivity contribution in [3.05, 3.63) is 0 Å². The van der Waals surface area contributed by atoms with Crippen LogP contribution in [-0.4, -0.2) is 12.6 Å². The maximum absolute atomic E-state index is 3.64. The van der Waals surface area contributed by atoms with Gasteiger partial charge in [-0.3, -0.25) is 0 Å². The molecule has 1 saturated carbocycles. The highest BCUT2D eigenvalue weighted by Crippen LogP contribution is 2.34. The van der Waals surface area contributed by atoms with Gasteiger partial charge in [0.1, 0.15) is 0 Å². The average molecular weight is 197 g/mol. The van der Waals surface area contributed by atoms with Crippen LogP contribution < -0.4 is 5.32 Å². The quantitative estimate of drug-likeness (QED) is 0.555. The lowest BCUT2D eigenvalue weighted by Crippen LogP contribution is -2.30. The highest BCUT2D eigenvalue weighted by molar-refractivity contribution is 4.85. The molecule has 0 aliphatic heterocycles. The number of nitrogens with one attached hydrogen (secondary N) is 1. The first-order valence-corrected chi connectivity index (χ1v) is 6.61. The Labute approximate surface area is 89.7 Å². The van der Waals surface area contributed by atoms with Crippen molar-refractivity contribution in [1.29, 1.82) is 0 Å². The van der Waals surface area contributed by atoms with Crippen LogP contribution in [0.1, 0.15) is 65.2 Å². The zero-order valence-electron chi connectivity index (χ0n) is 10.0. The van der Waals surface area contributed by atoms with E-state index in [1.807, 2.05) is 0 Å². The van der Waals surface area contributed by atoms with Gasteiger partial charge in [-0.15, -0.1) is 0 Å². The third kappa shape index (κ3) is 4.99. The van der Waals surface area contributed by atoms with Crippen molar-refractivity contribution in [3.8, 4) is 0 Å². The average Bonchev–Trinajstić information content (AvgIpc) is 2.99. The monoisotopic (exact) mass is 197 g/mol. The van der Waals surface area contributed by atoms with Crippen LogP contribution in [0.25, 0.3) is 0 Å². The smallest absolute Gasteiger partial charge is 0.00952 e. The van der Waals surface area contributed by atoms with Crippen molar-refractivity contribution in [2.24, 2.45) is 5.92 Å². The van der Waals surface area contributed by atoms with Gasteiger partial charge in [0, 0.05) is 6.04 Å². The molecule has 1 aliphatic carbocycles. The first-order valence-electron chi connectivity index (χ1n) is 6.61. The van der Waals surface area contributed by atoms with Crippen molar-refractivity contribution in [3.63, 3.8) is 0 Å². The van der Waals surface area contributed by atoms with Gasteiger partial charge in [-0.25, -0.2) is 0 Å². The first-order chi connectivity index (χ1) is 6.88. The van der Waals surface area contributed by atoms with Crippen molar-refractivity contribution in [1.82, 2.24) is 5.32 Å². The summed E-state index contributed by atoms with van der Waals surface area (Å²) < 4.78 is 0. The van der Waals surface area contributed by atoms with E-state index < -0.39 is 0 Å². The SMILES string of the molecule is CCCCCCCC(NCC)C1CC1. The summed E-state index contributed by atoms with van der Waals surface area (Å²) >= 11 is 0. The van der Waals surface area contributed by atoms with E-state index in [1.54, 1.807) is 0 Å². The maximum atomic E-state index is 3.64. The van der Waals surface area contributed by atoms with Crippen LogP contribution in [0.4, 0.5) is 0 Å². The van der Waals surface area contributed by atoms with Crippen LogP contribution >= 0.6 is 0 Å². The predicted molar refractivity (Wildman–Crippen MR) is 63.6 cm³/mol. The normalized spacial score (nSPS) is 18.4. The molecule has 1 nitrogen and oxygen atoms in total. The van der Waals surface area contributed by atoms with Gasteiger partial charge < -0.3 is 5.32 Å². The van der Waals surface area contributed by atoms with Crippen molar-refractivity contribution in [2.45, 2.75) is 71.3 Å². The lowest BCUT2D eigenvalue weighted by molar-refractivity contribution is 0.424. The lowest BCUT2D eigenvalue weighted by atomic mass is 10.0. The summed E-state index contributed by atoms with van der Waals surface area (Å²) in [6.07, 6.45) is 11.5. The third-order valence-corrected chi connectivity index (χ3v) is 3.28. The van der Waals surface area contributed by atoms with Crippen molar-refractivity contribution < 1.29 is 0 Å². The van der Waals surface area contributed by atoms with Gasteiger partial charge in [0.05, 0.1) is 0 Å². The van der Waals surface area contributed by atoms with Crippen LogP contribution in [0.15, 0.2) is 0 Å². The number of hydrogen-bond donors (Lipinski definition) is 1. The molecule has 1 aliphatic rings. The van der Waals surface area contributed by atoms with Crippen LogP contribution in [-0.2, 0) is 0 Å². The highest BCUT2D eigenvalue weighted by atomic mass is 14.9. The van der Waals surface area contributed by atoms with E-state index in [-0.39, 0.29) is 0 Å². The van der Waals surface area contributed by atoms with Gasteiger partial charge in [-0.2, -0.15) is 0 Å². The third-order valence-electron chi connectivity index (χ3n) is 3.28. The van der Waals surface area contributed by atoms with E-state index >= 15 is 0 Å². The van der Waals surface area contributed by atoms with E-state index in [1.165, 1.54) is 51.4 Å². The molecule has 14 heavy (non-hydrogen) atoms. The fourth-order valence-electron chi connectivity index (χ4n) is 2.23. The maximum Gasteiger partial charge on any atom is 0.00952 e. The summed E-state index contributed by atoms with van der Waals surface area (Å²) in [5.41, 5.74) is 0. The van der Waals surface area contributed by atoms with Crippen LogP contribution in [0.3, 0.4) is 0 Å². The Morgan fingerprint density at radius 1 is 1.07 bits per heavy atom. The standard InChI is InChI=1S/C13H27N/c1-3-5-6-7-8-9-13(14-4-2)12-10-11-12/h12-14H,3-11H2,1-2H3. The van der Waals surface area contributed by atoms with Gasteiger partial charge in [0.25, 0.3) is 0 Å². The van der Waals surface area contributed by atoms with Gasteiger partial charge in [0.2, 0.25) is 0 Å². The Hall–Kier alpha value is -0.0400. The van der Waals surface area contributed by atoms with E-state index in [0.717, 1.165) is 18.5 Å². The summed E-state index contributed by atoms with van der Waals surface area (Å²) in [6.45, 7) is 5.66. The van der Waals surface area contributed by atoms with Crippen LogP contribution in [0.2, 0.25) is 0 Å². The molecule has 0 aromatic carbocycles. The Balaban J connectivity index is 1.96. The molecule has 1 N–H and O–H groups in total. The minimum Gasteiger partial charge on any atom is -0.314 e. The molecule has 0 spiro atoms. The fourth-order valence-corrected chi connectivity index (χ4v) is 2.23. The number of rotatable bonds is 9. The van der Waals surface area contributed by atoms with E-state index in [2.05, 4.69) is 19.2 Å². The molecular formula is C13H27N.